The van der Waals surface area contributed by atoms with Crippen molar-refractivity contribution >= 4 is 17.3 Å². The van der Waals surface area contributed by atoms with Gasteiger partial charge in [-0.05, 0) is 12.0 Å². The summed E-state index contributed by atoms with van der Waals surface area (Å²) < 4.78 is 13.1. The van der Waals surface area contributed by atoms with Crippen LogP contribution in [0.5, 0.6) is 0 Å². The van der Waals surface area contributed by atoms with Crippen molar-refractivity contribution < 1.29 is 19.2 Å². The number of halogens is 1. The van der Waals surface area contributed by atoms with Crippen molar-refractivity contribution in [2.24, 2.45) is 5.92 Å². The van der Waals surface area contributed by atoms with Crippen LogP contribution in [0.3, 0.4) is 0 Å². The lowest BCUT2D eigenvalue weighted by Gasteiger charge is -2.18. The third-order valence-corrected chi connectivity index (χ3v) is 2.40. The molecule has 0 saturated heterocycles. The van der Waals surface area contributed by atoms with E-state index < -0.39 is 22.8 Å². The van der Waals surface area contributed by atoms with Crippen LogP contribution in [-0.2, 0) is 4.79 Å². The molecule has 1 rings (SSSR count). The van der Waals surface area contributed by atoms with Gasteiger partial charge in [-0.25, -0.2) is 9.18 Å². The molecule has 0 radical (unpaired) electrons. The van der Waals surface area contributed by atoms with Gasteiger partial charge in [0.2, 0.25) is 0 Å². The van der Waals surface area contributed by atoms with Crippen molar-refractivity contribution in [2.75, 3.05) is 5.32 Å². The quantitative estimate of drug-likeness (QED) is 0.622. The Balaban J connectivity index is 3.12. The maximum atomic E-state index is 13.1. The van der Waals surface area contributed by atoms with E-state index in [1.807, 2.05) is 0 Å². The monoisotopic (exact) mass is 256 g/mol. The summed E-state index contributed by atoms with van der Waals surface area (Å²) in [6.45, 7) is 3.30. The number of aliphatic carboxylic acids is 1. The number of nitrogens with one attached hydrogen (secondary N) is 1. The highest BCUT2D eigenvalue weighted by Gasteiger charge is 2.25. The van der Waals surface area contributed by atoms with Gasteiger partial charge < -0.3 is 10.4 Å². The van der Waals surface area contributed by atoms with Gasteiger partial charge in [0.1, 0.15) is 17.5 Å². The van der Waals surface area contributed by atoms with Gasteiger partial charge in [0.15, 0.2) is 0 Å². The number of carboxylic acids is 1. The second-order valence-corrected chi connectivity index (χ2v) is 4.12. The number of carbonyl (C=O) groups is 1. The Morgan fingerprint density at radius 2 is 2.11 bits per heavy atom. The van der Waals surface area contributed by atoms with E-state index in [0.29, 0.717) is 0 Å². The average Bonchev–Trinajstić information content (AvgIpc) is 2.24. The molecule has 0 heterocycles. The van der Waals surface area contributed by atoms with E-state index in [9.17, 15) is 19.3 Å². The number of carboxylic acid groups (broad SMARTS) is 1. The highest BCUT2D eigenvalue weighted by molar-refractivity contribution is 5.79. The van der Waals surface area contributed by atoms with Crippen molar-refractivity contribution in [2.45, 2.75) is 19.9 Å². The molecule has 0 bridgehead atoms. The fourth-order valence-corrected chi connectivity index (χ4v) is 1.46. The largest absolute Gasteiger partial charge is 0.480 e. The zero-order valence-electron chi connectivity index (χ0n) is 9.88. The molecular weight excluding hydrogens is 243 g/mol. The van der Waals surface area contributed by atoms with Crippen LogP contribution in [0.1, 0.15) is 13.8 Å². The number of rotatable bonds is 5. The second-order valence-electron chi connectivity index (χ2n) is 4.12. The molecule has 0 spiro atoms. The Morgan fingerprint density at radius 3 is 2.56 bits per heavy atom. The topological polar surface area (TPSA) is 92.5 Å². The first-order valence-electron chi connectivity index (χ1n) is 5.26. The highest BCUT2D eigenvalue weighted by Crippen LogP contribution is 2.26. The minimum Gasteiger partial charge on any atom is -0.480 e. The van der Waals surface area contributed by atoms with Crippen LogP contribution >= 0.6 is 0 Å². The van der Waals surface area contributed by atoms with E-state index in [0.717, 1.165) is 18.2 Å². The van der Waals surface area contributed by atoms with E-state index >= 15 is 0 Å². The molecule has 1 aromatic rings. The molecule has 0 aliphatic rings. The van der Waals surface area contributed by atoms with Crippen LogP contribution in [0, 0.1) is 21.8 Å². The normalized spacial score (nSPS) is 12.2. The lowest BCUT2D eigenvalue weighted by atomic mass is 10.0. The Bertz CT molecular complexity index is 476. The summed E-state index contributed by atoms with van der Waals surface area (Å²) in [6, 6.07) is 1.84. The molecule has 98 valence electrons. The molecule has 18 heavy (non-hydrogen) atoms. The van der Waals surface area contributed by atoms with E-state index in [2.05, 4.69) is 5.32 Å². The minimum absolute atomic E-state index is 0.138. The van der Waals surface area contributed by atoms with Crippen molar-refractivity contribution in [3.63, 3.8) is 0 Å². The van der Waals surface area contributed by atoms with Crippen LogP contribution in [0.2, 0.25) is 0 Å². The molecule has 0 aromatic heterocycles. The lowest BCUT2D eigenvalue weighted by Crippen LogP contribution is -2.34. The fourth-order valence-electron chi connectivity index (χ4n) is 1.46. The summed E-state index contributed by atoms with van der Waals surface area (Å²) in [5.41, 5.74) is -0.496. The highest BCUT2D eigenvalue weighted by atomic mass is 19.1. The number of nitro benzene ring substituents is 1. The molecule has 2 N–H and O–H groups in total. The predicted octanol–water partition coefficient (Wildman–Crippen LogP) is 2.26. The van der Waals surface area contributed by atoms with E-state index in [1.54, 1.807) is 13.8 Å². The number of anilines is 1. The zero-order valence-corrected chi connectivity index (χ0v) is 9.88. The number of nitrogens with zero attached hydrogens (tertiary/aromatic N) is 1. The maximum Gasteiger partial charge on any atom is 0.326 e. The number of hydrogen-bond acceptors (Lipinski definition) is 4. The third kappa shape index (κ3) is 3.16. The Morgan fingerprint density at radius 1 is 1.50 bits per heavy atom. The SMILES string of the molecule is CC(C)C(Nc1cc(F)ccc1[N+](=O)[O-])C(=O)O. The van der Waals surface area contributed by atoms with Crippen LogP contribution in [0.25, 0.3) is 0 Å². The Kier molecular flexibility index (Phi) is 4.19. The first kappa shape index (κ1) is 13.9. The van der Waals surface area contributed by atoms with Crippen LogP contribution in [0.4, 0.5) is 15.8 Å². The minimum atomic E-state index is -1.15. The zero-order chi connectivity index (χ0) is 13.9. The van der Waals surface area contributed by atoms with Gasteiger partial charge in [-0.1, -0.05) is 13.8 Å². The van der Waals surface area contributed by atoms with Crippen molar-refractivity contribution in [3.05, 3.63) is 34.1 Å². The molecule has 1 aromatic carbocycles. The van der Waals surface area contributed by atoms with Gasteiger partial charge >= 0.3 is 5.97 Å². The molecular formula is C11H13FN2O4. The summed E-state index contributed by atoms with van der Waals surface area (Å²) in [6.07, 6.45) is 0. The van der Waals surface area contributed by atoms with Crippen LogP contribution in [0.15, 0.2) is 18.2 Å². The van der Waals surface area contributed by atoms with Gasteiger partial charge in [-0.2, -0.15) is 0 Å². The van der Waals surface area contributed by atoms with Gasteiger partial charge in [-0.3, -0.25) is 10.1 Å². The molecule has 6 nitrogen and oxygen atoms in total. The third-order valence-electron chi connectivity index (χ3n) is 2.40. The summed E-state index contributed by atoms with van der Waals surface area (Å²) >= 11 is 0. The van der Waals surface area contributed by atoms with Gasteiger partial charge in [-0.15, -0.1) is 0 Å². The first-order valence-corrected chi connectivity index (χ1v) is 5.26. The molecule has 1 atom stereocenters. The average molecular weight is 256 g/mol. The van der Waals surface area contributed by atoms with E-state index in [4.69, 9.17) is 5.11 Å². The first-order chi connectivity index (χ1) is 8.32. The maximum absolute atomic E-state index is 13.1. The summed E-state index contributed by atoms with van der Waals surface area (Å²) in [4.78, 5) is 21.0. The van der Waals surface area contributed by atoms with Gasteiger partial charge in [0, 0.05) is 12.1 Å². The summed E-state index contributed by atoms with van der Waals surface area (Å²) in [5, 5.41) is 22.2. The summed E-state index contributed by atoms with van der Waals surface area (Å²) in [7, 11) is 0. The number of hydrogen-bond donors (Lipinski definition) is 2. The van der Waals surface area contributed by atoms with Crippen LogP contribution in [-0.4, -0.2) is 22.0 Å². The molecule has 0 aliphatic carbocycles. The number of benzene rings is 1. The van der Waals surface area contributed by atoms with Gasteiger partial charge in [0.25, 0.3) is 5.69 Å². The molecule has 0 amide bonds. The molecule has 0 fully saturated rings. The Hall–Kier alpha value is -2.18. The van der Waals surface area contributed by atoms with Crippen LogP contribution < -0.4 is 5.32 Å². The smallest absolute Gasteiger partial charge is 0.326 e. The second kappa shape index (κ2) is 5.44. The fraction of sp³-hybridized carbons (Fsp3) is 0.364. The summed E-state index contributed by atoms with van der Waals surface area (Å²) in [5.74, 6) is -2.12. The molecule has 7 heteroatoms. The Labute approximate surface area is 103 Å². The van der Waals surface area contributed by atoms with E-state index in [-0.39, 0.29) is 17.3 Å². The predicted molar refractivity (Wildman–Crippen MR) is 62.9 cm³/mol. The number of nitro groups is 1. The van der Waals surface area contributed by atoms with Gasteiger partial charge in [0.05, 0.1) is 4.92 Å². The molecule has 0 aliphatic heterocycles. The van der Waals surface area contributed by atoms with Crippen molar-refractivity contribution in [1.29, 1.82) is 0 Å². The molecule has 0 saturated carbocycles. The van der Waals surface area contributed by atoms with E-state index in [1.165, 1.54) is 0 Å². The van der Waals surface area contributed by atoms with Crippen molar-refractivity contribution in [1.82, 2.24) is 0 Å². The standard InChI is InChI=1S/C11H13FN2O4/c1-6(2)10(11(15)16)13-8-5-7(12)3-4-9(8)14(17)18/h3-6,10,13H,1-2H3,(H,15,16). The lowest BCUT2D eigenvalue weighted by molar-refractivity contribution is -0.384. The molecule has 1 unspecified atom stereocenters. The van der Waals surface area contributed by atoms with Crippen molar-refractivity contribution in [3.8, 4) is 0 Å².